The number of nitrogens with zero attached hydrogens (tertiary/aromatic N) is 3. The number of rotatable bonds is 6. The second-order valence-electron chi connectivity index (χ2n) is 12.0. The predicted molar refractivity (Wildman–Crippen MR) is 197 cm³/mol. The van der Waals surface area contributed by atoms with E-state index >= 15 is 0 Å². The van der Waals surface area contributed by atoms with Crippen LogP contribution in [0.4, 0.5) is 0 Å². The van der Waals surface area contributed by atoms with E-state index in [0.717, 1.165) is 22.3 Å². The molecule has 3 heteroatoms. The molecule has 0 spiro atoms. The van der Waals surface area contributed by atoms with Gasteiger partial charge in [-0.15, -0.1) is 0 Å². The maximum absolute atomic E-state index is 4.29. The minimum absolute atomic E-state index is 1.12. The van der Waals surface area contributed by atoms with Crippen molar-refractivity contribution < 1.29 is 0 Å². The van der Waals surface area contributed by atoms with Gasteiger partial charge in [0.25, 0.3) is 0 Å². The smallest absolute Gasteiger partial charge is 0.0544 e. The molecular formula is C44H33N3. The second-order valence-corrected chi connectivity index (χ2v) is 12.0. The molecule has 0 atom stereocenters. The van der Waals surface area contributed by atoms with Crippen LogP contribution in [0.2, 0.25) is 0 Å². The first-order valence-electron chi connectivity index (χ1n) is 16.0. The Hall–Kier alpha value is -6.06. The van der Waals surface area contributed by atoms with E-state index in [2.05, 4.69) is 156 Å². The van der Waals surface area contributed by atoms with Gasteiger partial charge in [0, 0.05) is 35.6 Å². The van der Waals surface area contributed by atoms with Gasteiger partial charge in [-0.3, -0.25) is 9.97 Å². The van der Waals surface area contributed by atoms with Crippen LogP contribution in [-0.2, 0) is 0 Å². The minimum Gasteiger partial charge on any atom is -0.309 e. The fourth-order valence-corrected chi connectivity index (χ4v) is 6.62. The summed E-state index contributed by atoms with van der Waals surface area (Å²) in [5, 5.41) is 3.70. The van der Waals surface area contributed by atoms with E-state index in [1.807, 2.05) is 36.9 Å². The van der Waals surface area contributed by atoms with Crippen molar-refractivity contribution >= 4 is 33.3 Å². The molecule has 0 unspecified atom stereocenters. The molecule has 3 nitrogen and oxygen atoms in total. The van der Waals surface area contributed by atoms with Gasteiger partial charge in [0.15, 0.2) is 0 Å². The normalized spacial score (nSPS) is 11.7. The molecule has 5 aromatic carbocycles. The molecule has 8 aromatic rings. The highest BCUT2D eigenvalue weighted by Gasteiger charge is 2.17. The van der Waals surface area contributed by atoms with Gasteiger partial charge < -0.3 is 4.57 Å². The van der Waals surface area contributed by atoms with Gasteiger partial charge in [-0.1, -0.05) is 109 Å². The lowest BCUT2D eigenvalue weighted by Crippen LogP contribution is -1.99. The van der Waals surface area contributed by atoms with Crippen molar-refractivity contribution in [3.05, 3.63) is 175 Å². The summed E-state index contributed by atoms with van der Waals surface area (Å²) in [6.07, 6.45) is 9.79. The number of benzene rings is 5. The molecule has 0 bridgehead atoms. The van der Waals surface area contributed by atoms with Gasteiger partial charge >= 0.3 is 0 Å². The lowest BCUT2D eigenvalue weighted by molar-refractivity contribution is 1.11. The molecule has 0 aliphatic heterocycles. The molecule has 8 rings (SSSR count). The molecule has 224 valence electrons. The number of allylic oxidation sites excluding steroid dienone is 1. The van der Waals surface area contributed by atoms with Crippen LogP contribution in [0.1, 0.15) is 23.7 Å². The minimum atomic E-state index is 1.12. The van der Waals surface area contributed by atoms with E-state index in [0.29, 0.717) is 0 Å². The van der Waals surface area contributed by atoms with E-state index < -0.39 is 0 Å². The van der Waals surface area contributed by atoms with E-state index in [1.54, 1.807) is 0 Å². The van der Waals surface area contributed by atoms with Gasteiger partial charge in [0.2, 0.25) is 0 Å². The first kappa shape index (κ1) is 28.4. The van der Waals surface area contributed by atoms with Crippen LogP contribution < -0.4 is 0 Å². The van der Waals surface area contributed by atoms with Crippen LogP contribution in [0, 0.1) is 6.92 Å². The number of pyridine rings is 2. The zero-order valence-corrected chi connectivity index (χ0v) is 26.4. The fourth-order valence-electron chi connectivity index (χ4n) is 6.62. The Labute approximate surface area is 275 Å². The summed E-state index contributed by atoms with van der Waals surface area (Å²) in [6.45, 7) is 4.45. The van der Waals surface area contributed by atoms with E-state index in [-0.39, 0.29) is 0 Å². The van der Waals surface area contributed by atoms with Crippen molar-refractivity contribution in [2.45, 2.75) is 13.8 Å². The van der Waals surface area contributed by atoms with Gasteiger partial charge in [0.1, 0.15) is 0 Å². The highest BCUT2D eigenvalue weighted by molar-refractivity contribution is 5.99. The molecule has 0 radical (unpaired) electrons. The van der Waals surface area contributed by atoms with Crippen molar-refractivity contribution in [1.82, 2.24) is 14.5 Å². The number of aromatic nitrogens is 3. The summed E-state index contributed by atoms with van der Waals surface area (Å²) < 4.78 is 2.45. The number of fused-ring (bicyclic) bond motifs is 2. The maximum Gasteiger partial charge on any atom is 0.0544 e. The molecule has 0 amide bonds. The van der Waals surface area contributed by atoms with Crippen LogP contribution in [-0.4, -0.2) is 14.5 Å². The largest absolute Gasteiger partial charge is 0.309 e. The van der Waals surface area contributed by atoms with Crippen LogP contribution in [0.25, 0.3) is 72.4 Å². The maximum atomic E-state index is 4.29. The van der Waals surface area contributed by atoms with E-state index in [4.69, 9.17) is 0 Å². The zero-order chi connectivity index (χ0) is 31.7. The second kappa shape index (κ2) is 12.0. The summed E-state index contributed by atoms with van der Waals surface area (Å²) in [5.74, 6) is 0. The van der Waals surface area contributed by atoms with Crippen LogP contribution in [0.5, 0.6) is 0 Å². The molecule has 0 aliphatic carbocycles. The third-order valence-electron chi connectivity index (χ3n) is 9.18. The molecule has 0 aliphatic rings. The van der Waals surface area contributed by atoms with Crippen molar-refractivity contribution in [2.75, 3.05) is 0 Å². The topological polar surface area (TPSA) is 30.7 Å². The Kier molecular flexibility index (Phi) is 7.28. The first-order chi connectivity index (χ1) is 23.1. The number of hydrogen-bond acceptors (Lipinski definition) is 2. The molecule has 0 saturated carbocycles. The first-order valence-corrected chi connectivity index (χ1v) is 16.0. The summed E-state index contributed by atoms with van der Waals surface area (Å²) >= 11 is 0. The average molecular weight is 604 g/mol. The van der Waals surface area contributed by atoms with Gasteiger partial charge in [-0.05, 0) is 99.7 Å². The molecular weight excluding hydrogens is 571 g/mol. The Morgan fingerprint density at radius 1 is 0.553 bits per heavy atom. The summed E-state index contributed by atoms with van der Waals surface area (Å²) in [6, 6.07) is 47.9. The van der Waals surface area contributed by atoms with Gasteiger partial charge in [0.05, 0.1) is 16.9 Å². The summed E-state index contributed by atoms with van der Waals surface area (Å²) in [5.41, 5.74) is 14.2. The Morgan fingerprint density at radius 3 is 1.81 bits per heavy atom. The third kappa shape index (κ3) is 5.32. The number of aryl methyl sites for hydroxylation is 1. The Balaban J connectivity index is 1.28. The third-order valence-corrected chi connectivity index (χ3v) is 9.18. The van der Waals surface area contributed by atoms with E-state index in [9.17, 15) is 0 Å². The molecule has 47 heavy (non-hydrogen) atoms. The summed E-state index contributed by atoms with van der Waals surface area (Å²) in [4.78, 5) is 8.58. The van der Waals surface area contributed by atoms with Crippen LogP contribution in [0.15, 0.2) is 158 Å². The standard InChI is InChI=1S/C44H33N3/c1-30(32-14-16-34(17-15-32)38-10-6-24-45-28-38)26-43-31(2)40-23-22-37(33-18-20-35(21-19-33)39-11-7-25-46-29-39)27-44(40)47(43)42-13-5-9-36-8-3-4-12-41(36)42/h3-29H,1-2H3/b30-26+. The van der Waals surface area contributed by atoms with Crippen molar-refractivity contribution in [1.29, 1.82) is 0 Å². The van der Waals surface area contributed by atoms with Crippen molar-refractivity contribution in [3.63, 3.8) is 0 Å². The highest BCUT2D eigenvalue weighted by atomic mass is 15.0. The predicted octanol–water partition coefficient (Wildman–Crippen LogP) is 11.4. The van der Waals surface area contributed by atoms with Gasteiger partial charge in [-0.25, -0.2) is 0 Å². The van der Waals surface area contributed by atoms with Crippen LogP contribution in [0.3, 0.4) is 0 Å². The van der Waals surface area contributed by atoms with Crippen molar-refractivity contribution in [2.24, 2.45) is 0 Å². The Bertz CT molecular complexity index is 2380. The van der Waals surface area contributed by atoms with Crippen LogP contribution >= 0.6 is 0 Å². The highest BCUT2D eigenvalue weighted by Crippen LogP contribution is 2.37. The molecule has 0 fully saturated rings. The summed E-state index contributed by atoms with van der Waals surface area (Å²) in [7, 11) is 0. The SMILES string of the molecule is C/C(=C\c1c(C)c2ccc(-c3ccc(-c4cccnc4)cc3)cc2n1-c1cccc2ccccc12)c1ccc(-c2cccnc2)cc1. The zero-order valence-electron chi connectivity index (χ0n) is 26.4. The Morgan fingerprint density at radius 2 is 1.15 bits per heavy atom. The molecule has 0 saturated heterocycles. The fraction of sp³-hybridized carbons (Fsp3) is 0.0455. The quantitative estimate of drug-likeness (QED) is 0.189. The lowest BCUT2D eigenvalue weighted by Gasteiger charge is -2.14. The average Bonchev–Trinajstić information content (AvgIpc) is 3.41. The monoisotopic (exact) mass is 603 g/mol. The van der Waals surface area contributed by atoms with Crippen molar-refractivity contribution in [3.8, 4) is 39.1 Å². The molecule has 3 heterocycles. The lowest BCUT2D eigenvalue weighted by atomic mass is 9.99. The number of hydrogen-bond donors (Lipinski definition) is 0. The van der Waals surface area contributed by atoms with Gasteiger partial charge in [-0.2, -0.15) is 0 Å². The van der Waals surface area contributed by atoms with E-state index in [1.165, 1.54) is 60.9 Å². The molecule has 0 N–H and O–H groups in total. The molecule has 3 aromatic heterocycles.